The number of nitrogens with zero attached hydrogens (tertiary/aromatic N) is 2. The summed E-state index contributed by atoms with van der Waals surface area (Å²) in [5.41, 5.74) is 7.94. The summed E-state index contributed by atoms with van der Waals surface area (Å²) in [6.45, 7) is 3.81. The number of benzene rings is 1. The third kappa shape index (κ3) is 2.30. The van der Waals surface area contributed by atoms with E-state index in [1.807, 2.05) is 4.90 Å². The van der Waals surface area contributed by atoms with Gasteiger partial charge >= 0.3 is 6.03 Å². The van der Waals surface area contributed by atoms with Gasteiger partial charge in [-0.3, -0.25) is 0 Å². The quantitative estimate of drug-likeness (QED) is 0.857. The van der Waals surface area contributed by atoms with Crippen molar-refractivity contribution in [3.8, 4) is 0 Å². The van der Waals surface area contributed by atoms with Crippen LogP contribution in [0.1, 0.15) is 5.56 Å². The third-order valence-corrected chi connectivity index (χ3v) is 4.46. The molecule has 2 aliphatic heterocycles. The van der Waals surface area contributed by atoms with E-state index in [9.17, 15) is 4.79 Å². The summed E-state index contributed by atoms with van der Waals surface area (Å²) in [5.74, 6) is 0. The van der Waals surface area contributed by atoms with Gasteiger partial charge in [0.2, 0.25) is 0 Å². The van der Waals surface area contributed by atoms with Crippen LogP contribution in [0.25, 0.3) is 0 Å². The number of hydrogen-bond donors (Lipinski definition) is 2. The molecular formula is C13H17BrN4O. The minimum Gasteiger partial charge on any atom is -0.367 e. The van der Waals surface area contributed by atoms with E-state index in [0.29, 0.717) is 6.54 Å². The lowest BCUT2D eigenvalue weighted by atomic mass is 10.1. The average molecular weight is 325 g/mol. The van der Waals surface area contributed by atoms with Gasteiger partial charge in [-0.1, -0.05) is 6.07 Å². The first-order valence-corrected chi connectivity index (χ1v) is 7.26. The van der Waals surface area contributed by atoms with Gasteiger partial charge < -0.3 is 20.9 Å². The summed E-state index contributed by atoms with van der Waals surface area (Å²) in [7, 11) is 0. The van der Waals surface area contributed by atoms with Gasteiger partial charge in [-0.25, -0.2) is 4.79 Å². The largest absolute Gasteiger partial charge is 0.367 e. The van der Waals surface area contributed by atoms with Crippen LogP contribution in [0.3, 0.4) is 0 Å². The monoisotopic (exact) mass is 324 g/mol. The number of rotatable bonds is 2. The lowest BCUT2D eigenvalue weighted by molar-refractivity contribution is 0.197. The molecule has 19 heavy (non-hydrogen) atoms. The van der Waals surface area contributed by atoms with Crippen LogP contribution in [-0.2, 0) is 6.54 Å². The van der Waals surface area contributed by atoms with Gasteiger partial charge in [0, 0.05) is 37.2 Å². The molecule has 3 rings (SSSR count). The predicted octanol–water partition coefficient (Wildman–Crippen LogP) is 1.12. The Morgan fingerprint density at radius 1 is 1.42 bits per heavy atom. The summed E-state index contributed by atoms with van der Waals surface area (Å²) < 4.78 is 1.07. The van der Waals surface area contributed by atoms with Gasteiger partial charge in [0.1, 0.15) is 0 Å². The zero-order valence-corrected chi connectivity index (χ0v) is 12.2. The lowest BCUT2D eigenvalue weighted by Gasteiger charge is -2.38. The van der Waals surface area contributed by atoms with E-state index >= 15 is 0 Å². The van der Waals surface area contributed by atoms with Gasteiger partial charge in [-0.05, 0) is 33.6 Å². The Hall–Kier alpha value is -1.27. The topological polar surface area (TPSA) is 61.6 Å². The zero-order chi connectivity index (χ0) is 13.4. The average Bonchev–Trinajstić information content (AvgIpc) is 2.79. The Morgan fingerprint density at radius 3 is 3.00 bits per heavy atom. The van der Waals surface area contributed by atoms with Crippen molar-refractivity contribution in [3.05, 3.63) is 28.2 Å². The minimum atomic E-state index is 0.0715. The molecule has 1 aromatic carbocycles. The Kier molecular flexibility index (Phi) is 3.36. The highest BCUT2D eigenvalue weighted by Crippen LogP contribution is 2.29. The van der Waals surface area contributed by atoms with Crippen molar-refractivity contribution in [1.82, 2.24) is 10.2 Å². The fourth-order valence-electron chi connectivity index (χ4n) is 2.76. The second-order valence-electron chi connectivity index (χ2n) is 4.97. The van der Waals surface area contributed by atoms with E-state index in [1.165, 1.54) is 5.69 Å². The molecule has 0 saturated carbocycles. The molecule has 1 aromatic rings. The fraction of sp³-hybridized carbons (Fsp3) is 0.462. The standard InChI is InChI=1S/C13H17BrN4O/c14-11-5-9(6-15)1-2-12(11)17-3-4-18-10(8-17)7-16-13(18)19/h1-2,5,10H,3-4,6-8,15H2,(H,16,19). The number of carbonyl (C=O) groups excluding carboxylic acids is 1. The lowest BCUT2D eigenvalue weighted by Crippen LogP contribution is -2.52. The summed E-state index contributed by atoms with van der Waals surface area (Å²) >= 11 is 3.61. The van der Waals surface area contributed by atoms with Crippen molar-refractivity contribution in [1.29, 1.82) is 0 Å². The third-order valence-electron chi connectivity index (χ3n) is 3.82. The van der Waals surface area contributed by atoms with Crippen molar-refractivity contribution < 1.29 is 4.79 Å². The highest BCUT2D eigenvalue weighted by molar-refractivity contribution is 9.10. The van der Waals surface area contributed by atoms with Crippen molar-refractivity contribution in [2.45, 2.75) is 12.6 Å². The molecule has 0 aromatic heterocycles. The summed E-state index contributed by atoms with van der Waals surface area (Å²) in [6.07, 6.45) is 0. The number of hydrogen-bond acceptors (Lipinski definition) is 3. The molecule has 0 bridgehead atoms. The molecule has 2 saturated heterocycles. The Morgan fingerprint density at radius 2 is 2.26 bits per heavy atom. The van der Waals surface area contributed by atoms with Crippen LogP contribution in [-0.4, -0.2) is 43.2 Å². The maximum Gasteiger partial charge on any atom is 0.317 e. The molecule has 0 radical (unpaired) electrons. The van der Waals surface area contributed by atoms with Crippen molar-refractivity contribution in [3.63, 3.8) is 0 Å². The van der Waals surface area contributed by atoms with Crippen LogP contribution < -0.4 is 16.0 Å². The number of piperazine rings is 1. The molecule has 1 unspecified atom stereocenters. The number of carbonyl (C=O) groups is 1. The fourth-order valence-corrected chi connectivity index (χ4v) is 3.43. The SMILES string of the molecule is NCc1ccc(N2CCN3C(=O)NCC3C2)c(Br)c1. The molecule has 6 heteroatoms. The number of nitrogens with one attached hydrogen (secondary N) is 1. The van der Waals surface area contributed by atoms with Gasteiger partial charge in [-0.15, -0.1) is 0 Å². The van der Waals surface area contributed by atoms with E-state index in [2.05, 4.69) is 44.3 Å². The van der Waals surface area contributed by atoms with Crippen LogP contribution in [0.2, 0.25) is 0 Å². The molecule has 5 nitrogen and oxygen atoms in total. The molecular weight excluding hydrogens is 308 g/mol. The number of amides is 2. The van der Waals surface area contributed by atoms with Crippen LogP contribution >= 0.6 is 15.9 Å². The molecule has 2 heterocycles. The first-order chi connectivity index (χ1) is 9.19. The molecule has 0 spiro atoms. The Bertz CT molecular complexity index is 507. The molecule has 2 fully saturated rings. The van der Waals surface area contributed by atoms with Crippen LogP contribution in [0.15, 0.2) is 22.7 Å². The highest BCUT2D eigenvalue weighted by Gasteiger charge is 2.35. The van der Waals surface area contributed by atoms with Gasteiger partial charge in [0.05, 0.1) is 11.7 Å². The molecule has 1 atom stereocenters. The molecule has 2 amide bonds. The van der Waals surface area contributed by atoms with E-state index in [4.69, 9.17) is 5.73 Å². The van der Waals surface area contributed by atoms with Crippen LogP contribution in [0, 0.1) is 0 Å². The number of fused-ring (bicyclic) bond motifs is 1. The maximum atomic E-state index is 11.6. The molecule has 102 valence electrons. The maximum absolute atomic E-state index is 11.6. The van der Waals surface area contributed by atoms with Gasteiger partial charge in [0.15, 0.2) is 0 Å². The van der Waals surface area contributed by atoms with Crippen molar-refractivity contribution in [2.75, 3.05) is 31.1 Å². The predicted molar refractivity (Wildman–Crippen MR) is 78.1 cm³/mol. The van der Waals surface area contributed by atoms with Gasteiger partial charge in [-0.2, -0.15) is 0 Å². The molecule has 2 aliphatic rings. The number of nitrogens with two attached hydrogens (primary N) is 1. The highest BCUT2D eigenvalue weighted by atomic mass is 79.9. The second-order valence-corrected chi connectivity index (χ2v) is 5.82. The number of anilines is 1. The zero-order valence-electron chi connectivity index (χ0n) is 10.6. The van der Waals surface area contributed by atoms with E-state index < -0.39 is 0 Å². The van der Waals surface area contributed by atoms with Crippen molar-refractivity contribution in [2.24, 2.45) is 5.73 Å². The molecule has 3 N–H and O–H groups in total. The Labute approximate surface area is 120 Å². The van der Waals surface area contributed by atoms with E-state index in [0.717, 1.165) is 36.2 Å². The Balaban J connectivity index is 1.79. The normalized spacial score (nSPS) is 22.4. The summed E-state index contributed by atoms with van der Waals surface area (Å²) in [4.78, 5) is 15.8. The number of halogens is 1. The molecule has 0 aliphatic carbocycles. The van der Waals surface area contributed by atoms with Crippen LogP contribution in [0.4, 0.5) is 10.5 Å². The van der Waals surface area contributed by atoms with E-state index in [-0.39, 0.29) is 12.1 Å². The van der Waals surface area contributed by atoms with Crippen LogP contribution in [0.5, 0.6) is 0 Å². The summed E-state index contributed by atoms with van der Waals surface area (Å²) in [6, 6.07) is 6.58. The first kappa shape index (κ1) is 12.7. The van der Waals surface area contributed by atoms with Gasteiger partial charge in [0.25, 0.3) is 0 Å². The second kappa shape index (κ2) is 5.02. The number of urea groups is 1. The smallest absolute Gasteiger partial charge is 0.317 e. The summed E-state index contributed by atoms with van der Waals surface area (Å²) in [5, 5.41) is 2.90. The minimum absolute atomic E-state index is 0.0715. The van der Waals surface area contributed by atoms with Crippen molar-refractivity contribution >= 4 is 27.6 Å². The van der Waals surface area contributed by atoms with E-state index in [1.54, 1.807) is 0 Å². The first-order valence-electron chi connectivity index (χ1n) is 6.47.